The number of H-pyrrole nitrogens is 1. The summed E-state index contributed by atoms with van der Waals surface area (Å²) in [5.74, 6) is 0.779. The summed E-state index contributed by atoms with van der Waals surface area (Å²) in [5.41, 5.74) is 2.70. The van der Waals surface area contributed by atoms with Crippen LogP contribution in [0.3, 0.4) is 0 Å². The van der Waals surface area contributed by atoms with Crippen LogP contribution in [0.4, 0.5) is 0 Å². The number of aromatic nitrogens is 2. The Balaban J connectivity index is 2.03. The molecule has 0 atom stereocenters. The van der Waals surface area contributed by atoms with Crippen LogP contribution in [0.15, 0.2) is 6.20 Å². The first-order valence-electron chi connectivity index (χ1n) is 4.64. The van der Waals surface area contributed by atoms with Crippen molar-refractivity contribution in [2.24, 2.45) is 0 Å². The van der Waals surface area contributed by atoms with E-state index in [0.717, 1.165) is 19.0 Å². The van der Waals surface area contributed by atoms with Crippen molar-refractivity contribution < 1.29 is 0 Å². The Morgan fingerprint density at radius 3 is 3.17 bits per heavy atom. The molecule has 1 aliphatic rings. The Morgan fingerprint density at radius 1 is 1.67 bits per heavy atom. The lowest BCUT2D eigenvalue weighted by Gasteiger charge is -2.00. The summed E-state index contributed by atoms with van der Waals surface area (Å²) >= 11 is 0. The second kappa shape index (κ2) is 3.27. The molecule has 3 nitrogen and oxygen atoms in total. The first-order valence-corrected chi connectivity index (χ1v) is 4.64. The number of hydrogen-bond acceptors (Lipinski definition) is 2. The molecular weight excluding hydrogens is 150 g/mol. The molecule has 1 aromatic heterocycles. The molecule has 0 saturated heterocycles. The highest BCUT2D eigenvalue weighted by molar-refractivity contribution is 5.23. The summed E-state index contributed by atoms with van der Waals surface area (Å²) in [6.07, 6.45) is 4.61. The molecule has 1 heterocycles. The van der Waals surface area contributed by atoms with Gasteiger partial charge in [0.1, 0.15) is 0 Å². The van der Waals surface area contributed by atoms with E-state index in [2.05, 4.69) is 22.4 Å². The fourth-order valence-corrected chi connectivity index (χ4v) is 1.45. The molecule has 0 unspecified atom stereocenters. The standard InChI is InChI=1S/C9H15N3/c1-2-10-5-8-6-11-12-9(8)7-3-4-7/h6-7,10H,2-5H2,1H3,(H,11,12). The van der Waals surface area contributed by atoms with Gasteiger partial charge in [-0.15, -0.1) is 0 Å². The third kappa shape index (κ3) is 1.50. The number of aromatic amines is 1. The smallest absolute Gasteiger partial charge is 0.0535 e. The minimum absolute atomic E-state index is 0.779. The number of hydrogen-bond donors (Lipinski definition) is 2. The van der Waals surface area contributed by atoms with Crippen LogP contribution in [0.25, 0.3) is 0 Å². The van der Waals surface area contributed by atoms with Crippen molar-refractivity contribution in [3.8, 4) is 0 Å². The van der Waals surface area contributed by atoms with Crippen LogP contribution in [0.5, 0.6) is 0 Å². The first-order chi connectivity index (χ1) is 5.92. The van der Waals surface area contributed by atoms with Gasteiger partial charge >= 0.3 is 0 Å². The lowest BCUT2D eigenvalue weighted by molar-refractivity contribution is 0.720. The van der Waals surface area contributed by atoms with Gasteiger partial charge in [-0.3, -0.25) is 5.10 Å². The Morgan fingerprint density at radius 2 is 2.50 bits per heavy atom. The van der Waals surface area contributed by atoms with Crippen LogP contribution in [0.1, 0.15) is 36.9 Å². The normalized spacial score (nSPS) is 16.8. The molecule has 0 amide bonds. The minimum Gasteiger partial charge on any atom is -0.313 e. The summed E-state index contributed by atoms with van der Waals surface area (Å²) in [6.45, 7) is 4.10. The van der Waals surface area contributed by atoms with Gasteiger partial charge in [-0.1, -0.05) is 6.92 Å². The summed E-state index contributed by atoms with van der Waals surface area (Å²) < 4.78 is 0. The molecule has 3 heteroatoms. The van der Waals surface area contributed by atoms with Gasteiger partial charge in [0.05, 0.1) is 6.20 Å². The second-order valence-corrected chi connectivity index (χ2v) is 3.36. The van der Waals surface area contributed by atoms with Crippen molar-refractivity contribution >= 4 is 0 Å². The highest BCUT2D eigenvalue weighted by atomic mass is 15.1. The van der Waals surface area contributed by atoms with Crippen molar-refractivity contribution in [3.63, 3.8) is 0 Å². The Labute approximate surface area is 72.6 Å². The van der Waals surface area contributed by atoms with E-state index >= 15 is 0 Å². The molecule has 1 saturated carbocycles. The van der Waals surface area contributed by atoms with Crippen molar-refractivity contribution in [2.45, 2.75) is 32.2 Å². The fourth-order valence-electron chi connectivity index (χ4n) is 1.45. The molecule has 0 radical (unpaired) electrons. The zero-order valence-corrected chi connectivity index (χ0v) is 7.43. The van der Waals surface area contributed by atoms with Gasteiger partial charge in [0.15, 0.2) is 0 Å². The molecule has 1 fully saturated rings. The van der Waals surface area contributed by atoms with Gasteiger partial charge in [0.2, 0.25) is 0 Å². The number of rotatable bonds is 4. The predicted octanol–water partition coefficient (Wildman–Crippen LogP) is 1.40. The van der Waals surface area contributed by atoms with Gasteiger partial charge in [0.25, 0.3) is 0 Å². The van der Waals surface area contributed by atoms with Gasteiger partial charge < -0.3 is 5.32 Å². The van der Waals surface area contributed by atoms with Gasteiger partial charge in [-0.25, -0.2) is 0 Å². The first kappa shape index (κ1) is 7.80. The summed E-state index contributed by atoms with van der Waals surface area (Å²) in [7, 11) is 0. The van der Waals surface area contributed by atoms with E-state index in [1.54, 1.807) is 0 Å². The minimum atomic E-state index is 0.779. The lowest BCUT2D eigenvalue weighted by Crippen LogP contribution is -2.12. The van der Waals surface area contributed by atoms with E-state index in [4.69, 9.17) is 0 Å². The third-order valence-corrected chi connectivity index (χ3v) is 2.30. The van der Waals surface area contributed by atoms with E-state index in [1.165, 1.54) is 24.1 Å². The average molecular weight is 165 g/mol. The van der Waals surface area contributed by atoms with Crippen LogP contribution < -0.4 is 5.32 Å². The number of nitrogens with one attached hydrogen (secondary N) is 2. The van der Waals surface area contributed by atoms with Crippen LogP contribution >= 0.6 is 0 Å². The van der Waals surface area contributed by atoms with Crippen LogP contribution in [0.2, 0.25) is 0 Å². The van der Waals surface area contributed by atoms with E-state index in [9.17, 15) is 0 Å². The maximum absolute atomic E-state index is 4.07. The highest BCUT2D eigenvalue weighted by Crippen LogP contribution is 2.40. The maximum atomic E-state index is 4.07. The van der Waals surface area contributed by atoms with E-state index < -0.39 is 0 Å². The quantitative estimate of drug-likeness (QED) is 0.708. The van der Waals surface area contributed by atoms with Crippen molar-refractivity contribution in [3.05, 3.63) is 17.5 Å². The Bertz CT molecular complexity index is 250. The summed E-state index contributed by atoms with van der Waals surface area (Å²) in [6, 6.07) is 0. The maximum Gasteiger partial charge on any atom is 0.0535 e. The number of nitrogens with zero attached hydrogens (tertiary/aromatic N) is 1. The van der Waals surface area contributed by atoms with Gasteiger partial charge in [-0.05, 0) is 19.4 Å². The van der Waals surface area contributed by atoms with E-state index in [1.807, 2.05) is 6.20 Å². The topological polar surface area (TPSA) is 40.7 Å². The molecule has 0 aromatic carbocycles. The van der Waals surface area contributed by atoms with E-state index in [0.29, 0.717) is 0 Å². The summed E-state index contributed by atoms with van der Waals surface area (Å²) in [5, 5.41) is 10.5. The van der Waals surface area contributed by atoms with Crippen molar-refractivity contribution in [2.75, 3.05) is 6.54 Å². The molecule has 2 rings (SSSR count). The third-order valence-electron chi connectivity index (χ3n) is 2.30. The molecule has 0 aliphatic heterocycles. The van der Waals surface area contributed by atoms with Crippen LogP contribution in [0, 0.1) is 0 Å². The Hall–Kier alpha value is -0.830. The van der Waals surface area contributed by atoms with Crippen molar-refractivity contribution in [1.82, 2.24) is 15.5 Å². The molecule has 2 N–H and O–H groups in total. The van der Waals surface area contributed by atoms with Gasteiger partial charge in [0, 0.05) is 23.7 Å². The molecule has 12 heavy (non-hydrogen) atoms. The fraction of sp³-hybridized carbons (Fsp3) is 0.667. The zero-order chi connectivity index (χ0) is 8.39. The van der Waals surface area contributed by atoms with Crippen LogP contribution in [-0.2, 0) is 6.54 Å². The van der Waals surface area contributed by atoms with E-state index in [-0.39, 0.29) is 0 Å². The molecule has 1 aliphatic carbocycles. The second-order valence-electron chi connectivity index (χ2n) is 3.36. The molecule has 66 valence electrons. The van der Waals surface area contributed by atoms with Crippen molar-refractivity contribution in [1.29, 1.82) is 0 Å². The largest absolute Gasteiger partial charge is 0.313 e. The van der Waals surface area contributed by atoms with Crippen LogP contribution in [-0.4, -0.2) is 16.7 Å². The van der Waals surface area contributed by atoms with Gasteiger partial charge in [-0.2, -0.15) is 5.10 Å². The summed E-state index contributed by atoms with van der Waals surface area (Å²) in [4.78, 5) is 0. The highest BCUT2D eigenvalue weighted by Gasteiger charge is 2.27. The zero-order valence-electron chi connectivity index (χ0n) is 7.43. The Kier molecular flexibility index (Phi) is 2.13. The molecule has 0 spiro atoms. The molecular formula is C9H15N3. The average Bonchev–Trinajstić information content (AvgIpc) is 2.83. The monoisotopic (exact) mass is 165 g/mol. The SMILES string of the molecule is CCNCc1cn[nH]c1C1CC1. The lowest BCUT2D eigenvalue weighted by atomic mass is 10.2. The predicted molar refractivity (Wildman–Crippen MR) is 47.9 cm³/mol. The molecule has 0 bridgehead atoms. The molecule has 1 aromatic rings.